The molecule has 5 nitrogen and oxygen atoms in total. The molecule has 0 atom stereocenters. The second-order valence-electron chi connectivity index (χ2n) is 5.27. The van der Waals surface area contributed by atoms with Crippen LogP contribution in [-0.2, 0) is 9.59 Å². The maximum absolute atomic E-state index is 12.0. The number of hydrogen-bond acceptors (Lipinski definition) is 3. The predicted molar refractivity (Wildman–Crippen MR) is 69.0 cm³/mol. The average Bonchev–Trinajstić information content (AvgIpc) is 2.27. The van der Waals surface area contributed by atoms with Gasteiger partial charge in [0.25, 0.3) is 0 Å². The van der Waals surface area contributed by atoms with Crippen LogP contribution in [0.25, 0.3) is 0 Å². The van der Waals surface area contributed by atoms with Crippen LogP contribution in [0.2, 0.25) is 0 Å². The Bertz CT molecular complexity index is 307. The van der Waals surface area contributed by atoms with Crippen LogP contribution < -0.4 is 10.6 Å². The van der Waals surface area contributed by atoms with E-state index in [2.05, 4.69) is 10.6 Å². The van der Waals surface area contributed by atoms with Gasteiger partial charge in [-0.3, -0.25) is 9.59 Å². The topological polar surface area (TPSA) is 61.4 Å². The number of amides is 2. The summed E-state index contributed by atoms with van der Waals surface area (Å²) in [5.74, 6) is 0.619. The Kier molecular flexibility index (Phi) is 4.58. The summed E-state index contributed by atoms with van der Waals surface area (Å²) in [6.07, 6.45) is 3.27. The number of carbonyl (C=O) groups excluding carboxylic acids is 2. The normalized spacial score (nSPS) is 21.5. The van der Waals surface area contributed by atoms with Crippen LogP contribution in [0, 0.1) is 5.92 Å². The minimum Gasteiger partial charge on any atom is -0.353 e. The van der Waals surface area contributed by atoms with E-state index in [9.17, 15) is 9.59 Å². The minimum atomic E-state index is 0.144. The van der Waals surface area contributed by atoms with Gasteiger partial charge in [-0.25, -0.2) is 0 Å². The fraction of sp³-hybridized carbons (Fsp3) is 0.846. The van der Waals surface area contributed by atoms with Crippen LogP contribution in [0.5, 0.6) is 0 Å². The van der Waals surface area contributed by atoms with Crippen molar-refractivity contribution in [2.24, 2.45) is 5.92 Å². The summed E-state index contributed by atoms with van der Waals surface area (Å²) in [6, 6.07) is 0.257. The van der Waals surface area contributed by atoms with Gasteiger partial charge in [0.15, 0.2) is 0 Å². The first-order valence-corrected chi connectivity index (χ1v) is 6.99. The molecule has 2 N–H and O–H groups in total. The standard InChI is InChI=1S/C13H23N3O2/c1-2-3-12(17)15-11-4-6-16(7-5-11)13(18)10-8-14-9-10/h10-11,14H,2-9H2,1H3,(H,15,17). The largest absolute Gasteiger partial charge is 0.353 e. The highest BCUT2D eigenvalue weighted by molar-refractivity contribution is 5.80. The summed E-state index contributed by atoms with van der Waals surface area (Å²) in [5, 5.41) is 6.17. The number of likely N-dealkylation sites (tertiary alicyclic amines) is 1. The van der Waals surface area contributed by atoms with E-state index in [-0.39, 0.29) is 23.8 Å². The van der Waals surface area contributed by atoms with Gasteiger partial charge in [0.2, 0.25) is 11.8 Å². The molecule has 0 spiro atoms. The quantitative estimate of drug-likeness (QED) is 0.748. The van der Waals surface area contributed by atoms with Crippen LogP contribution in [0.1, 0.15) is 32.6 Å². The van der Waals surface area contributed by atoms with E-state index in [0.717, 1.165) is 45.4 Å². The van der Waals surface area contributed by atoms with Crippen LogP contribution in [0.4, 0.5) is 0 Å². The van der Waals surface area contributed by atoms with Gasteiger partial charge in [-0.1, -0.05) is 6.92 Å². The number of nitrogens with zero attached hydrogens (tertiary/aromatic N) is 1. The van der Waals surface area contributed by atoms with Crippen LogP contribution >= 0.6 is 0 Å². The molecule has 0 aromatic rings. The summed E-state index contributed by atoms with van der Waals surface area (Å²) in [4.78, 5) is 25.5. The van der Waals surface area contributed by atoms with Crippen molar-refractivity contribution in [1.29, 1.82) is 0 Å². The highest BCUT2D eigenvalue weighted by Crippen LogP contribution is 2.15. The van der Waals surface area contributed by atoms with Gasteiger partial charge >= 0.3 is 0 Å². The molecule has 2 saturated heterocycles. The van der Waals surface area contributed by atoms with E-state index in [0.29, 0.717) is 6.42 Å². The zero-order chi connectivity index (χ0) is 13.0. The van der Waals surface area contributed by atoms with Crippen molar-refractivity contribution >= 4 is 11.8 Å². The van der Waals surface area contributed by atoms with Gasteiger partial charge in [0.05, 0.1) is 5.92 Å². The number of carbonyl (C=O) groups is 2. The lowest BCUT2D eigenvalue weighted by molar-refractivity contribution is -0.138. The van der Waals surface area contributed by atoms with Crippen LogP contribution in [-0.4, -0.2) is 48.9 Å². The van der Waals surface area contributed by atoms with Crippen molar-refractivity contribution in [3.05, 3.63) is 0 Å². The monoisotopic (exact) mass is 253 g/mol. The Labute approximate surface area is 108 Å². The van der Waals surface area contributed by atoms with Crippen molar-refractivity contribution < 1.29 is 9.59 Å². The van der Waals surface area contributed by atoms with Crippen molar-refractivity contribution in [2.45, 2.75) is 38.6 Å². The van der Waals surface area contributed by atoms with Crippen molar-refractivity contribution in [2.75, 3.05) is 26.2 Å². The van der Waals surface area contributed by atoms with Gasteiger partial charge in [-0.2, -0.15) is 0 Å². The van der Waals surface area contributed by atoms with E-state index in [1.54, 1.807) is 0 Å². The predicted octanol–water partition coefficient (Wildman–Crippen LogP) is 0.113. The summed E-state index contributed by atoms with van der Waals surface area (Å²) < 4.78 is 0. The molecule has 2 amide bonds. The summed E-state index contributed by atoms with van der Waals surface area (Å²) in [5.41, 5.74) is 0. The molecule has 2 heterocycles. The number of piperidine rings is 1. The molecule has 2 aliphatic heterocycles. The van der Waals surface area contributed by atoms with Crippen LogP contribution in [0.15, 0.2) is 0 Å². The molecule has 2 aliphatic rings. The molecule has 0 bridgehead atoms. The van der Waals surface area contributed by atoms with Crippen molar-refractivity contribution in [3.8, 4) is 0 Å². The van der Waals surface area contributed by atoms with E-state index in [4.69, 9.17) is 0 Å². The van der Waals surface area contributed by atoms with Crippen LogP contribution in [0.3, 0.4) is 0 Å². The zero-order valence-corrected chi connectivity index (χ0v) is 11.1. The minimum absolute atomic E-state index is 0.144. The second-order valence-corrected chi connectivity index (χ2v) is 5.27. The third kappa shape index (κ3) is 3.22. The van der Waals surface area contributed by atoms with Gasteiger partial charge in [-0.05, 0) is 19.3 Å². The lowest BCUT2D eigenvalue weighted by atomic mass is 9.98. The Morgan fingerprint density at radius 3 is 2.44 bits per heavy atom. The number of rotatable bonds is 4. The third-order valence-corrected chi connectivity index (χ3v) is 3.78. The Balaban J connectivity index is 1.70. The first kappa shape index (κ1) is 13.3. The van der Waals surface area contributed by atoms with Crippen molar-refractivity contribution in [1.82, 2.24) is 15.5 Å². The molecule has 0 aromatic carbocycles. The van der Waals surface area contributed by atoms with Gasteiger partial charge in [-0.15, -0.1) is 0 Å². The third-order valence-electron chi connectivity index (χ3n) is 3.78. The highest BCUT2D eigenvalue weighted by atomic mass is 16.2. The second kappa shape index (κ2) is 6.18. The SMILES string of the molecule is CCCC(=O)NC1CCN(C(=O)C2CNC2)CC1. The van der Waals surface area contributed by atoms with E-state index in [1.807, 2.05) is 11.8 Å². The highest BCUT2D eigenvalue weighted by Gasteiger charge is 2.31. The molecular formula is C13H23N3O2. The first-order chi connectivity index (χ1) is 8.70. The molecular weight excluding hydrogens is 230 g/mol. The fourth-order valence-corrected chi connectivity index (χ4v) is 2.49. The Morgan fingerprint density at radius 2 is 1.94 bits per heavy atom. The Hall–Kier alpha value is -1.10. The Morgan fingerprint density at radius 1 is 1.28 bits per heavy atom. The van der Waals surface area contributed by atoms with E-state index < -0.39 is 0 Å². The summed E-state index contributed by atoms with van der Waals surface area (Å²) in [7, 11) is 0. The lowest BCUT2D eigenvalue weighted by Gasteiger charge is -2.37. The number of nitrogens with one attached hydrogen (secondary N) is 2. The molecule has 0 aliphatic carbocycles. The molecule has 0 radical (unpaired) electrons. The number of hydrogen-bond donors (Lipinski definition) is 2. The first-order valence-electron chi connectivity index (χ1n) is 6.99. The molecule has 18 heavy (non-hydrogen) atoms. The van der Waals surface area contributed by atoms with Gasteiger partial charge in [0, 0.05) is 38.6 Å². The molecule has 2 rings (SSSR count). The van der Waals surface area contributed by atoms with Gasteiger partial charge in [0.1, 0.15) is 0 Å². The molecule has 0 saturated carbocycles. The van der Waals surface area contributed by atoms with E-state index in [1.165, 1.54) is 0 Å². The summed E-state index contributed by atoms with van der Waals surface area (Å²) >= 11 is 0. The smallest absolute Gasteiger partial charge is 0.228 e. The van der Waals surface area contributed by atoms with Crippen molar-refractivity contribution in [3.63, 3.8) is 0 Å². The summed E-state index contributed by atoms with van der Waals surface area (Å²) in [6.45, 7) is 5.23. The molecule has 0 unspecified atom stereocenters. The fourth-order valence-electron chi connectivity index (χ4n) is 2.49. The molecule has 102 valence electrons. The molecule has 5 heteroatoms. The lowest BCUT2D eigenvalue weighted by Crippen LogP contribution is -2.55. The van der Waals surface area contributed by atoms with E-state index >= 15 is 0 Å². The zero-order valence-electron chi connectivity index (χ0n) is 11.1. The molecule has 0 aromatic heterocycles. The maximum atomic E-state index is 12.0. The maximum Gasteiger partial charge on any atom is 0.228 e. The average molecular weight is 253 g/mol. The molecule has 2 fully saturated rings. The van der Waals surface area contributed by atoms with Gasteiger partial charge < -0.3 is 15.5 Å².